The van der Waals surface area contributed by atoms with E-state index in [1.807, 2.05) is 20.8 Å². The van der Waals surface area contributed by atoms with Crippen LogP contribution in [0.5, 0.6) is 0 Å². The molecule has 1 fully saturated rings. The molecule has 3 atom stereocenters. The maximum absolute atomic E-state index is 12.7. The summed E-state index contributed by atoms with van der Waals surface area (Å²) in [5.41, 5.74) is -1.34. The van der Waals surface area contributed by atoms with E-state index in [0.29, 0.717) is 12.4 Å². The predicted molar refractivity (Wildman–Crippen MR) is 191 cm³/mol. The van der Waals surface area contributed by atoms with Crippen LogP contribution in [0.3, 0.4) is 0 Å². The van der Waals surface area contributed by atoms with Crippen molar-refractivity contribution in [2.45, 2.75) is 38.0 Å². The van der Waals surface area contributed by atoms with Crippen molar-refractivity contribution in [3.8, 4) is 0 Å². The lowest BCUT2D eigenvalue weighted by Crippen LogP contribution is -2.45. The molecule has 1 heterocycles. The van der Waals surface area contributed by atoms with Crippen molar-refractivity contribution in [2.24, 2.45) is 5.41 Å². The Kier molecular flexibility index (Phi) is 25.2. The third-order valence-electron chi connectivity index (χ3n) is 6.74. The molecule has 0 aromatic rings. The van der Waals surface area contributed by atoms with Gasteiger partial charge in [0.2, 0.25) is 29.5 Å². The number of likely N-dealkylation sites (N-methyl/N-ethyl adjacent to an activating group) is 1. The van der Waals surface area contributed by atoms with E-state index in [1.165, 1.54) is 23.7 Å². The molecular weight excluding hydrogens is 718 g/mol. The number of imide groups is 1. The van der Waals surface area contributed by atoms with Crippen LogP contribution in [0.25, 0.3) is 0 Å². The number of nitrogens with one attached hydrogen (secondary N) is 3. The second-order valence-corrected chi connectivity index (χ2v) is 14.0. The fourth-order valence-electron chi connectivity index (χ4n) is 4.32. The molecule has 0 aromatic heterocycles. The minimum atomic E-state index is -0.792. The molecule has 1 aliphatic heterocycles. The van der Waals surface area contributed by atoms with Crippen LogP contribution >= 0.6 is 30.5 Å². The van der Waals surface area contributed by atoms with Crippen molar-refractivity contribution < 1.29 is 61.9 Å². The van der Waals surface area contributed by atoms with Crippen LogP contribution in [-0.4, -0.2) is 164 Å². The summed E-state index contributed by atoms with van der Waals surface area (Å²) in [4.78, 5) is 60.6. The molecule has 0 radical (unpaired) electrons. The van der Waals surface area contributed by atoms with Gasteiger partial charge in [-0.15, -0.1) is 11.8 Å². The van der Waals surface area contributed by atoms with Crippen molar-refractivity contribution in [3.63, 3.8) is 0 Å². The predicted octanol–water partition coefficient (Wildman–Crippen LogP) is -0.677. The zero-order valence-corrected chi connectivity index (χ0v) is 32.7. The van der Waals surface area contributed by atoms with Crippen molar-refractivity contribution in [3.05, 3.63) is 0 Å². The van der Waals surface area contributed by atoms with Gasteiger partial charge >= 0.3 is 0 Å². The van der Waals surface area contributed by atoms with E-state index in [9.17, 15) is 24.0 Å². The van der Waals surface area contributed by atoms with Gasteiger partial charge in [0.15, 0.2) is 0 Å². The van der Waals surface area contributed by atoms with E-state index in [2.05, 4.69) is 34.3 Å². The second-order valence-electron chi connectivity index (χ2n) is 12.1. The molecule has 1 rings (SSSR count). The summed E-state index contributed by atoms with van der Waals surface area (Å²) in [6.07, 6.45) is 0.192. The molecule has 0 spiro atoms. The van der Waals surface area contributed by atoms with Crippen molar-refractivity contribution >= 4 is 60.1 Å². The summed E-state index contributed by atoms with van der Waals surface area (Å²) in [6.45, 7) is 7.87. The average molecular weight is 775 g/mol. The molecule has 50 heavy (non-hydrogen) atoms. The second kappa shape index (κ2) is 27.1. The van der Waals surface area contributed by atoms with Crippen LogP contribution < -0.4 is 15.5 Å². The first-order valence-electron chi connectivity index (χ1n) is 16.2. The van der Waals surface area contributed by atoms with Gasteiger partial charge in [-0.25, -0.2) is 0 Å². The van der Waals surface area contributed by atoms with Gasteiger partial charge in [-0.2, -0.15) is 0 Å². The number of likely N-dealkylation sites (tertiary alicyclic amines) is 1. The number of thioether (sulfide) groups is 1. The lowest BCUT2D eigenvalue weighted by molar-refractivity contribution is -0.143. The summed E-state index contributed by atoms with van der Waals surface area (Å²) in [6, 6.07) is 0. The Morgan fingerprint density at radius 3 is 1.46 bits per heavy atom. The average Bonchev–Trinajstić information content (AvgIpc) is 3.38. The number of nitrogens with zero attached hydrogens (tertiary/aromatic N) is 1. The zero-order chi connectivity index (χ0) is 37.3. The smallest absolute Gasteiger partial charge is 0.248 e. The molecule has 290 valence electrons. The molecule has 20 heteroatoms. The summed E-state index contributed by atoms with van der Waals surface area (Å²) in [7, 11) is 5.75. The van der Waals surface area contributed by atoms with Gasteiger partial charge < -0.3 is 53.4 Å². The first kappa shape index (κ1) is 46.5. The Morgan fingerprint density at radius 2 is 1.08 bits per heavy atom. The highest BCUT2D eigenvalue weighted by atomic mass is 32.2. The number of carbonyl (C=O) groups excluding carboxylic acids is 5. The van der Waals surface area contributed by atoms with Crippen LogP contribution in [0.4, 0.5) is 0 Å². The highest BCUT2D eigenvalue weighted by Gasteiger charge is 2.44. The van der Waals surface area contributed by atoms with Crippen LogP contribution in [-0.2, 0) is 61.9 Å². The van der Waals surface area contributed by atoms with E-state index in [4.69, 9.17) is 37.9 Å². The largest absolute Gasteiger partial charge is 0.378 e. The summed E-state index contributed by atoms with van der Waals surface area (Å²) in [5.74, 6) is -0.593. The molecule has 0 saturated carbocycles. The Morgan fingerprint density at radius 1 is 0.680 bits per heavy atom. The zero-order valence-electron chi connectivity index (χ0n) is 29.6. The van der Waals surface area contributed by atoms with E-state index in [0.717, 1.165) is 0 Å². The first-order chi connectivity index (χ1) is 23.9. The molecule has 1 saturated heterocycles. The molecule has 0 aromatic carbocycles. The fourth-order valence-corrected chi connectivity index (χ4v) is 5.49. The monoisotopic (exact) mass is 774 g/mol. The Balaban J connectivity index is 2.68. The van der Waals surface area contributed by atoms with Gasteiger partial charge in [0.25, 0.3) is 0 Å². The summed E-state index contributed by atoms with van der Waals surface area (Å²) < 4.78 is 45.4. The van der Waals surface area contributed by atoms with Crippen LogP contribution in [0, 0.1) is 5.41 Å². The standard InChI is InChI=1S/C30H56N4O13P2S/c1-29(2,3)34-27(38)15-23(28(34)39)50-14-13-40-5-9-44-19-30(20-45-10-6-41-16-24(35)31-4,21-46-11-7-42-17-25(36)32-48)22-47-12-8-43-18-26(37)33-49/h23H,5-22,48-49H2,1-4H3,(H,31,35)(H,32,36)(H,33,37). The van der Waals surface area contributed by atoms with Crippen molar-refractivity contribution in [2.75, 3.05) is 119 Å². The molecule has 0 bridgehead atoms. The quantitative estimate of drug-likeness (QED) is 0.0472. The van der Waals surface area contributed by atoms with Crippen LogP contribution in [0.15, 0.2) is 0 Å². The van der Waals surface area contributed by atoms with Gasteiger partial charge in [0, 0.05) is 24.8 Å². The number of hydrogen-bond acceptors (Lipinski definition) is 14. The van der Waals surface area contributed by atoms with Crippen LogP contribution in [0.1, 0.15) is 27.2 Å². The molecule has 5 amide bonds. The first-order valence-corrected chi connectivity index (χ1v) is 18.4. The van der Waals surface area contributed by atoms with E-state index in [-0.39, 0.29) is 135 Å². The summed E-state index contributed by atoms with van der Waals surface area (Å²) >= 11 is 1.41. The number of rotatable bonds is 30. The van der Waals surface area contributed by atoms with E-state index >= 15 is 0 Å². The SMILES string of the molecule is CNC(=O)COCCOCC(COCCOCCSC1CC(=O)N(C(C)(C)C)C1=O)(COCCOCC(=O)NP)COCCOCC(=O)NP. The molecule has 17 nitrogen and oxygen atoms in total. The van der Waals surface area contributed by atoms with Gasteiger partial charge in [-0.1, -0.05) is 0 Å². The van der Waals surface area contributed by atoms with Gasteiger partial charge in [-0.05, 0) is 39.6 Å². The van der Waals surface area contributed by atoms with Crippen LogP contribution in [0.2, 0.25) is 0 Å². The van der Waals surface area contributed by atoms with Crippen molar-refractivity contribution in [1.82, 2.24) is 20.4 Å². The minimum absolute atomic E-state index is 0.0905. The maximum atomic E-state index is 12.7. The maximum Gasteiger partial charge on any atom is 0.248 e. The summed E-state index contributed by atoms with van der Waals surface area (Å²) in [5, 5.41) is 6.87. The lowest BCUT2D eigenvalue weighted by Gasteiger charge is -2.33. The molecular formula is C30H56N4O13P2S. The van der Waals surface area contributed by atoms with Gasteiger partial charge in [-0.3, -0.25) is 28.9 Å². The van der Waals surface area contributed by atoms with E-state index in [1.54, 1.807) is 0 Å². The van der Waals surface area contributed by atoms with E-state index < -0.39 is 16.2 Å². The van der Waals surface area contributed by atoms with Gasteiger partial charge in [0.05, 0.1) is 96.6 Å². The molecule has 3 N–H and O–H groups in total. The van der Waals surface area contributed by atoms with Gasteiger partial charge in [0.1, 0.15) is 19.8 Å². The molecule has 3 unspecified atom stereocenters. The number of carbonyl (C=O) groups is 5. The highest BCUT2D eigenvalue weighted by molar-refractivity contribution is 8.00. The number of ether oxygens (including phenoxy) is 8. The lowest BCUT2D eigenvalue weighted by atomic mass is 9.92. The number of hydrogen-bond donors (Lipinski definition) is 3. The van der Waals surface area contributed by atoms with Crippen molar-refractivity contribution in [1.29, 1.82) is 0 Å². The third-order valence-corrected chi connectivity index (χ3v) is 8.56. The topological polar surface area (TPSA) is 199 Å². The Hall–Kier alpha value is -1.56. The Bertz CT molecular complexity index is 957. The highest BCUT2D eigenvalue weighted by Crippen LogP contribution is 2.30. The fraction of sp³-hybridized carbons (Fsp3) is 0.833. The Labute approximate surface area is 303 Å². The third kappa shape index (κ3) is 20.5. The minimum Gasteiger partial charge on any atom is -0.378 e. The molecule has 1 aliphatic rings. The molecule has 0 aliphatic carbocycles. The number of amides is 5. The normalized spacial score (nSPS) is 15.1.